The summed E-state index contributed by atoms with van der Waals surface area (Å²) >= 11 is 0. The fourth-order valence-electron chi connectivity index (χ4n) is 1.59. The second-order valence-electron chi connectivity index (χ2n) is 3.89. The van der Waals surface area contributed by atoms with Crippen molar-refractivity contribution in [3.8, 4) is 23.1 Å². The molecule has 0 saturated carbocycles. The summed E-state index contributed by atoms with van der Waals surface area (Å²) in [6.45, 7) is 0. The predicted molar refractivity (Wildman–Crippen MR) is 76.9 cm³/mol. The minimum absolute atomic E-state index is 0.122. The van der Waals surface area contributed by atoms with Gasteiger partial charge in [0.15, 0.2) is 0 Å². The first kappa shape index (κ1) is 15.4. The van der Waals surface area contributed by atoms with Crippen molar-refractivity contribution >= 4 is 19.7 Å². The van der Waals surface area contributed by atoms with Crippen LogP contribution in [0.1, 0.15) is 0 Å². The van der Waals surface area contributed by atoms with Crippen LogP contribution in [0.3, 0.4) is 0 Å². The van der Waals surface area contributed by atoms with Gasteiger partial charge < -0.3 is 14.2 Å². The molecule has 0 spiro atoms. The number of pyridine rings is 1. The van der Waals surface area contributed by atoms with Crippen LogP contribution in [-0.4, -0.2) is 27.6 Å². The van der Waals surface area contributed by atoms with Crippen LogP contribution in [0.25, 0.3) is 0 Å². The molecule has 8 heteroatoms. The highest BCUT2D eigenvalue weighted by molar-refractivity contribution is 8.13. The summed E-state index contributed by atoms with van der Waals surface area (Å²) in [4.78, 5) is 3.67. The van der Waals surface area contributed by atoms with E-state index in [-0.39, 0.29) is 10.8 Å². The van der Waals surface area contributed by atoms with E-state index in [9.17, 15) is 8.42 Å². The zero-order valence-corrected chi connectivity index (χ0v) is 12.8. The zero-order valence-electron chi connectivity index (χ0n) is 11.2. The van der Waals surface area contributed by atoms with Crippen LogP contribution in [0.15, 0.2) is 41.4 Å². The largest absolute Gasteiger partial charge is 0.496 e. The minimum atomic E-state index is -3.96. The number of hydrogen-bond donors (Lipinski definition) is 0. The number of nitrogens with zero attached hydrogens (tertiary/aromatic N) is 1. The van der Waals surface area contributed by atoms with Crippen molar-refractivity contribution in [2.75, 3.05) is 14.2 Å². The minimum Gasteiger partial charge on any atom is -0.496 e. The molecule has 0 saturated heterocycles. The summed E-state index contributed by atoms with van der Waals surface area (Å²) in [5.41, 5.74) is 0. The maximum absolute atomic E-state index is 11.5. The molecule has 0 fully saturated rings. The van der Waals surface area contributed by atoms with Crippen molar-refractivity contribution in [3.63, 3.8) is 0 Å². The van der Waals surface area contributed by atoms with E-state index in [1.165, 1.54) is 32.5 Å². The summed E-state index contributed by atoms with van der Waals surface area (Å²) in [5.74, 6) is 1.18. The molecule has 1 aromatic heterocycles. The van der Waals surface area contributed by atoms with Crippen molar-refractivity contribution in [2.24, 2.45) is 0 Å². The topological polar surface area (TPSA) is 74.7 Å². The molecule has 0 aliphatic carbocycles. The van der Waals surface area contributed by atoms with E-state index >= 15 is 0 Å². The van der Waals surface area contributed by atoms with E-state index < -0.39 is 9.05 Å². The third-order valence-corrected chi connectivity index (χ3v) is 3.87. The molecule has 0 atom stereocenters. The average Bonchev–Trinajstić information content (AvgIpc) is 2.46. The van der Waals surface area contributed by atoms with E-state index in [4.69, 9.17) is 24.9 Å². The summed E-state index contributed by atoms with van der Waals surface area (Å²) in [7, 11) is 4.38. The Bertz CT molecular complexity index is 726. The van der Waals surface area contributed by atoms with E-state index in [2.05, 4.69) is 4.98 Å². The van der Waals surface area contributed by atoms with Gasteiger partial charge in [0.2, 0.25) is 5.88 Å². The number of ether oxygens (including phenoxy) is 3. The first-order valence-corrected chi connectivity index (χ1v) is 8.05. The van der Waals surface area contributed by atoms with Crippen molar-refractivity contribution in [1.82, 2.24) is 4.98 Å². The van der Waals surface area contributed by atoms with Gasteiger partial charge in [0.25, 0.3) is 9.05 Å². The zero-order chi connectivity index (χ0) is 15.5. The Hall–Kier alpha value is -1.99. The van der Waals surface area contributed by atoms with Crippen LogP contribution in [0, 0.1) is 0 Å². The lowest BCUT2D eigenvalue weighted by atomic mass is 10.3. The second kappa shape index (κ2) is 6.19. The summed E-state index contributed by atoms with van der Waals surface area (Å²) in [5, 5.41) is 0. The smallest absolute Gasteiger partial charge is 0.266 e. The quantitative estimate of drug-likeness (QED) is 0.785. The monoisotopic (exact) mass is 329 g/mol. The Kier molecular flexibility index (Phi) is 4.54. The van der Waals surface area contributed by atoms with Gasteiger partial charge >= 0.3 is 0 Å². The molecule has 1 heterocycles. The standard InChI is InChI=1S/C13H12ClNO5S/c1-18-9-6-10(19-2)8-11(7-9)20-13-12(21(14,16)17)4-3-5-15-13/h3-8H,1-2H3. The molecule has 0 bridgehead atoms. The predicted octanol–water partition coefficient (Wildman–Crippen LogP) is 2.82. The number of methoxy groups -OCH3 is 2. The van der Waals surface area contributed by atoms with Gasteiger partial charge in [-0.05, 0) is 12.1 Å². The number of rotatable bonds is 5. The molecule has 0 amide bonds. The van der Waals surface area contributed by atoms with Gasteiger partial charge in [-0.1, -0.05) is 0 Å². The first-order valence-electron chi connectivity index (χ1n) is 5.74. The van der Waals surface area contributed by atoms with Gasteiger partial charge in [-0.2, -0.15) is 0 Å². The molecular weight excluding hydrogens is 318 g/mol. The number of hydrogen-bond acceptors (Lipinski definition) is 6. The third-order valence-electron chi connectivity index (χ3n) is 2.54. The van der Waals surface area contributed by atoms with Crippen molar-refractivity contribution < 1.29 is 22.6 Å². The van der Waals surface area contributed by atoms with E-state index in [0.717, 1.165) is 0 Å². The van der Waals surface area contributed by atoms with Crippen molar-refractivity contribution in [1.29, 1.82) is 0 Å². The van der Waals surface area contributed by atoms with Gasteiger partial charge in [0.1, 0.15) is 22.1 Å². The van der Waals surface area contributed by atoms with Crippen molar-refractivity contribution in [3.05, 3.63) is 36.5 Å². The highest BCUT2D eigenvalue weighted by Crippen LogP contribution is 2.33. The Morgan fingerprint density at radius 2 is 1.62 bits per heavy atom. The molecule has 21 heavy (non-hydrogen) atoms. The lowest BCUT2D eigenvalue weighted by molar-refractivity contribution is 0.383. The molecule has 0 radical (unpaired) electrons. The maximum Gasteiger partial charge on any atom is 0.266 e. The van der Waals surface area contributed by atoms with Crippen LogP contribution < -0.4 is 14.2 Å². The Morgan fingerprint density at radius 3 is 2.14 bits per heavy atom. The van der Waals surface area contributed by atoms with Crippen LogP contribution in [0.2, 0.25) is 0 Å². The van der Waals surface area contributed by atoms with Crippen molar-refractivity contribution in [2.45, 2.75) is 4.90 Å². The third kappa shape index (κ3) is 3.77. The molecule has 0 N–H and O–H groups in total. The molecule has 0 unspecified atom stereocenters. The fourth-order valence-corrected chi connectivity index (χ4v) is 2.49. The van der Waals surface area contributed by atoms with Crippen LogP contribution in [0.5, 0.6) is 23.1 Å². The van der Waals surface area contributed by atoms with Crippen LogP contribution in [-0.2, 0) is 9.05 Å². The molecule has 112 valence electrons. The maximum atomic E-state index is 11.5. The number of benzene rings is 1. The SMILES string of the molecule is COc1cc(OC)cc(Oc2ncccc2S(=O)(=O)Cl)c1. The molecule has 0 aliphatic rings. The lowest BCUT2D eigenvalue weighted by Gasteiger charge is -2.10. The summed E-state index contributed by atoms with van der Waals surface area (Å²) in [6.07, 6.45) is 1.40. The Balaban J connectivity index is 2.43. The molecule has 6 nitrogen and oxygen atoms in total. The second-order valence-corrected chi connectivity index (χ2v) is 6.43. The summed E-state index contributed by atoms with van der Waals surface area (Å²) < 4.78 is 38.7. The van der Waals surface area contributed by atoms with Gasteiger partial charge in [-0.25, -0.2) is 13.4 Å². The van der Waals surface area contributed by atoms with E-state index in [0.29, 0.717) is 17.2 Å². The van der Waals surface area contributed by atoms with Crippen LogP contribution in [0.4, 0.5) is 0 Å². The number of halogens is 1. The summed E-state index contributed by atoms with van der Waals surface area (Å²) in [6, 6.07) is 7.56. The molecule has 2 rings (SSSR count). The first-order chi connectivity index (χ1) is 9.94. The van der Waals surface area contributed by atoms with Gasteiger partial charge in [-0.3, -0.25) is 0 Å². The molecular formula is C13H12ClNO5S. The van der Waals surface area contributed by atoms with E-state index in [1.807, 2.05) is 0 Å². The van der Waals surface area contributed by atoms with E-state index in [1.54, 1.807) is 18.2 Å². The highest BCUT2D eigenvalue weighted by atomic mass is 35.7. The molecule has 2 aromatic rings. The molecule has 0 aliphatic heterocycles. The van der Waals surface area contributed by atoms with Gasteiger partial charge in [-0.15, -0.1) is 0 Å². The van der Waals surface area contributed by atoms with Gasteiger partial charge in [0.05, 0.1) is 14.2 Å². The lowest BCUT2D eigenvalue weighted by Crippen LogP contribution is -1.98. The fraction of sp³-hybridized carbons (Fsp3) is 0.154. The Labute approximate surface area is 126 Å². The van der Waals surface area contributed by atoms with Gasteiger partial charge in [0, 0.05) is 35.1 Å². The Morgan fingerprint density at radius 1 is 1.05 bits per heavy atom. The average molecular weight is 330 g/mol. The highest BCUT2D eigenvalue weighted by Gasteiger charge is 2.18. The van der Waals surface area contributed by atoms with Crippen LogP contribution >= 0.6 is 10.7 Å². The molecule has 1 aromatic carbocycles. The number of aromatic nitrogens is 1. The normalized spacial score (nSPS) is 11.0.